The van der Waals surface area contributed by atoms with E-state index in [9.17, 15) is 9.90 Å². The summed E-state index contributed by atoms with van der Waals surface area (Å²) in [7, 11) is 0. The van der Waals surface area contributed by atoms with Crippen LogP contribution in [0.2, 0.25) is 0 Å². The van der Waals surface area contributed by atoms with Gasteiger partial charge in [-0.3, -0.25) is 4.90 Å². The van der Waals surface area contributed by atoms with Crippen LogP contribution in [0.5, 0.6) is 0 Å². The molecule has 7 nitrogen and oxygen atoms in total. The Kier molecular flexibility index (Phi) is 6.04. The summed E-state index contributed by atoms with van der Waals surface area (Å²) in [5.74, 6) is 0. The third kappa shape index (κ3) is 4.33. The van der Waals surface area contributed by atoms with Crippen molar-refractivity contribution in [3.63, 3.8) is 0 Å². The van der Waals surface area contributed by atoms with Crippen LogP contribution < -0.4 is 4.90 Å². The van der Waals surface area contributed by atoms with Gasteiger partial charge in [0, 0.05) is 31.6 Å². The number of hydrogen-bond donors (Lipinski definition) is 1. The summed E-state index contributed by atoms with van der Waals surface area (Å²) in [6.07, 6.45) is 0.527. The zero-order valence-corrected chi connectivity index (χ0v) is 18.2. The maximum atomic E-state index is 12.9. The van der Waals surface area contributed by atoms with Crippen molar-refractivity contribution in [3.05, 3.63) is 65.7 Å². The average Bonchev–Trinajstić information content (AvgIpc) is 2.83. The van der Waals surface area contributed by atoms with Gasteiger partial charge in [-0.15, -0.1) is 0 Å². The Balaban J connectivity index is 1.27. The Morgan fingerprint density at radius 1 is 0.969 bits per heavy atom. The van der Waals surface area contributed by atoms with Crippen LogP contribution in [0.4, 0.5) is 10.5 Å². The number of piperidine rings is 1. The molecule has 170 valence electrons. The highest BCUT2D eigenvalue weighted by Crippen LogP contribution is 2.41. The summed E-state index contributed by atoms with van der Waals surface area (Å²) in [4.78, 5) is 17.0. The summed E-state index contributed by atoms with van der Waals surface area (Å²) in [5, 5.41) is 11.6. The first-order valence-corrected chi connectivity index (χ1v) is 11.3. The molecular formula is C25H30N2O5. The maximum absolute atomic E-state index is 12.9. The molecule has 3 aliphatic rings. The number of fused-ring (bicyclic) bond motifs is 2. The van der Waals surface area contributed by atoms with E-state index in [0.717, 1.165) is 43.1 Å². The fraction of sp³-hybridized carbons (Fsp3) is 0.480. The number of rotatable bonds is 4. The summed E-state index contributed by atoms with van der Waals surface area (Å²) in [6.45, 7) is 4.30. The van der Waals surface area contributed by atoms with Gasteiger partial charge in [-0.25, -0.2) is 4.79 Å². The third-order valence-corrected chi connectivity index (χ3v) is 6.75. The van der Waals surface area contributed by atoms with Crippen LogP contribution >= 0.6 is 0 Å². The standard InChI is InChI=1S/C25H30N2O5/c28-24(32-16-19-4-2-1-3-5-19)27-22-14-25(29,15-23(27)18-31-17-22)20-6-8-21(9-7-20)26-10-12-30-13-11-26/h1-9,22-23,29H,10-18H2. The van der Waals surface area contributed by atoms with E-state index in [2.05, 4.69) is 17.0 Å². The van der Waals surface area contributed by atoms with E-state index in [4.69, 9.17) is 14.2 Å². The van der Waals surface area contributed by atoms with Gasteiger partial charge < -0.3 is 24.2 Å². The minimum atomic E-state index is -0.987. The van der Waals surface area contributed by atoms with Crippen LogP contribution in [-0.2, 0) is 26.4 Å². The second kappa shape index (κ2) is 9.10. The molecule has 2 aromatic rings. The molecule has 0 saturated carbocycles. The molecule has 3 aliphatic heterocycles. The summed E-state index contributed by atoms with van der Waals surface area (Å²) in [5.41, 5.74) is 2.00. The van der Waals surface area contributed by atoms with E-state index in [1.165, 1.54) is 0 Å². The van der Waals surface area contributed by atoms with Crippen molar-refractivity contribution in [2.24, 2.45) is 0 Å². The topological polar surface area (TPSA) is 71.5 Å². The highest BCUT2D eigenvalue weighted by atomic mass is 16.6. The molecule has 2 atom stereocenters. The molecule has 3 fully saturated rings. The first-order valence-electron chi connectivity index (χ1n) is 11.3. The van der Waals surface area contributed by atoms with Gasteiger partial charge in [0.1, 0.15) is 6.61 Å². The third-order valence-electron chi connectivity index (χ3n) is 6.75. The summed E-state index contributed by atoms with van der Waals surface area (Å²) >= 11 is 0. The van der Waals surface area contributed by atoms with Crippen molar-refractivity contribution in [3.8, 4) is 0 Å². The lowest BCUT2D eigenvalue weighted by Gasteiger charge is -2.51. The zero-order chi connectivity index (χ0) is 22.0. The fourth-order valence-electron chi connectivity index (χ4n) is 5.11. The number of carbonyl (C=O) groups is 1. The molecule has 2 aromatic carbocycles. The number of aliphatic hydroxyl groups is 1. The predicted molar refractivity (Wildman–Crippen MR) is 119 cm³/mol. The molecule has 5 rings (SSSR count). The lowest BCUT2D eigenvalue weighted by atomic mass is 9.77. The van der Waals surface area contributed by atoms with Gasteiger partial charge in [-0.1, -0.05) is 42.5 Å². The van der Waals surface area contributed by atoms with E-state index in [-0.39, 0.29) is 24.8 Å². The van der Waals surface area contributed by atoms with Crippen LogP contribution in [0, 0.1) is 0 Å². The molecule has 3 heterocycles. The zero-order valence-electron chi connectivity index (χ0n) is 18.2. The number of benzene rings is 2. The normalized spacial score (nSPS) is 27.8. The maximum Gasteiger partial charge on any atom is 0.410 e. The van der Waals surface area contributed by atoms with Crippen molar-refractivity contribution in [1.29, 1.82) is 0 Å². The lowest BCUT2D eigenvalue weighted by Crippen LogP contribution is -2.62. The van der Waals surface area contributed by atoms with Gasteiger partial charge in [0.25, 0.3) is 0 Å². The van der Waals surface area contributed by atoms with E-state index in [1.54, 1.807) is 4.90 Å². The van der Waals surface area contributed by atoms with Crippen molar-refractivity contribution in [1.82, 2.24) is 4.90 Å². The van der Waals surface area contributed by atoms with Gasteiger partial charge in [-0.05, 0) is 23.3 Å². The molecule has 3 saturated heterocycles. The van der Waals surface area contributed by atoms with Gasteiger partial charge in [0.05, 0.1) is 44.1 Å². The molecular weight excluding hydrogens is 408 g/mol. The molecule has 1 N–H and O–H groups in total. The molecule has 7 heteroatoms. The van der Waals surface area contributed by atoms with Crippen LogP contribution in [0.3, 0.4) is 0 Å². The van der Waals surface area contributed by atoms with Gasteiger partial charge in [-0.2, -0.15) is 0 Å². The quantitative estimate of drug-likeness (QED) is 0.792. The number of nitrogens with zero attached hydrogens (tertiary/aromatic N) is 2. The first kappa shape index (κ1) is 21.2. The summed E-state index contributed by atoms with van der Waals surface area (Å²) < 4.78 is 16.8. The predicted octanol–water partition coefficient (Wildman–Crippen LogP) is 2.91. The van der Waals surface area contributed by atoms with E-state index in [1.807, 2.05) is 42.5 Å². The van der Waals surface area contributed by atoms with Crippen LogP contribution in [0.1, 0.15) is 24.0 Å². The van der Waals surface area contributed by atoms with Crippen LogP contribution in [0.15, 0.2) is 54.6 Å². The highest BCUT2D eigenvalue weighted by Gasteiger charge is 2.49. The van der Waals surface area contributed by atoms with Gasteiger partial charge >= 0.3 is 6.09 Å². The fourth-order valence-corrected chi connectivity index (χ4v) is 5.11. The Hall–Kier alpha value is -2.61. The minimum Gasteiger partial charge on any atom is -0.445 e. The number of ether oxygens (including phenoxy) is 3. The Labute approximate surface area is 188 Å². The number of carbonyl (C=O) groups excluding carboxylic acids is 1. The summed E-state index contributed by atoms with van der Waals surface area (Å²) in [6, 6.07) is 17.4. The van der Waals surface area contributed by atoms with E-state index in [0.29, 0.717) is 26.1 Å². The van der Waals surface area contributed by atoms with Crippen molar-refractivity contribution in [2.75, 3.05) is 44.4 Å². The van der Waals surface area contributed by atoms with Crippen LogP contribution in [-0.4, -0.2) is 67.7 Å². The van der Waals surface area contributed by atoms with Gasteiger partial charge in [0.2, 0.25) is 0 Å². The smallest absolute Gasteiger partial charge is 0.410 e. The highest BCUT2D eigenvalue weighted by molar-refractivity contribution is 5.69. The molecule has 0 radical (unpaired) electrons. The SMILES string of the molecule is O=C(OCc1ccccc1)N1C2COCC1CC(O)(c1ccc(N3CCOCC3)cc1)C2. The average molecular weight is 439 g/mol. The second-order valence-electron chi connectivity index (χ2n) is 8.88. The van der Waals surface area contributed by atoms with Gasteiger partial charge in [0.15, 0.2) is 0 Å². The second-order valence-corrected chi connectivity index (χ2v) is 8.88. The Morgan fingerprint density at radius 2 is 1.62 bits per heavy atom. The van der Waals surface area contributed by atoms with E-state index >= 15 is 0 Å². The molecule has 32 heavy (non-hydrogen) atoms. The molecule has 0 aromatic heterocycles. The van der Waals surface area contributed by atoms with Crippen LogP contribution in [0.25, 0.3) is 0 Å². The number of amides is 1. The largest absolute Gasteiger partial charge is 0.445 e. The number of morpholine rings is 2. The number of hydrogen-bond acceptors (Lipinski definition) is 6. The Bertz CT molecular complexity index is 900. The lowest BCUT2D eigenvalue weighted by molar-refractivity contribution is -0.136. The molecule has 0 aliphatic carbocycles. The molecule has 2 bridgehead atoms. The number of anilines is 1. The van der Waals surface area contributed by atoms with E-state index < -0.39 is 5.60 Å². The molecule has 2 unspecified atom stereocenters. The Morgan fingerprint density at radius 3 is 2.28 bits per heavy atom. The first-order chi connectivity index (χ1) is 15.6. The monoisotopic (exact) mass is 438 g/mol. The molecule has 0 spiro atoms. The van der Waals surface area contributed by atoms with Crippen molar-refractivity contribution in [2.45, 2.75) is 37.1 Å². The minimum absolute atomic E-state index is 0.213. The molecule has 1 amide bonds. The van der Waals surface area contributed by atoms with Crippen molar-refractivity contribution >= 4 is 11.8 Å². The van der Waals surface area contributed by atoms with Crippen molar-refractivity contribution < 1.29 is 24.1 Å².